The van der Waals surface area contributed by atoms with Crippen molar-refractivity contribution in [3.63, 3.8) is 0 Å². The highest BCUT2D eigenvalue weighted by Crippen LogP contribution is 2.18. The molecule has 0 aromatic rings. The molecule has 0 amide bonds. The number of esters is 3. The van der Waals surface area contributed by atoms with E-state index in [9.17, 15) is 14.4 Å². The van der Waals surface area contributed by atoms with Gasteiger partial charge < -0.3 is 14.2 Å². The number of carbonyl (C=O) groups is 3. The summed E-state index contributed by atoms with van der Waals surface area (Å²) in [6.07, 6.45) is 75.0. The fourth-order valence-electron chi connectivity index (χ4n) is 9.57. The summed E-state index contributed by atoms with van der Waals surface area (Å²) in [6.45, 7) is 6.59. The quantitative estimate of drug-likeness (QED) is 0.0261. The van der Waals surface area contributed by atoms with Gasteiger partial charge in [0.25, 0.3) is 0 Å². The summed E-state index contributed by atoms with van der Waals surface area (Å²) >= 11 is 0. The van der Waals surface area contributed by atoms with E-state index in [1.54, 1.807) is 0 Å². The molecule has 0 saturated carbocycles. The topological polar surface area (TPSA) is 78.9 Å². The van der Waals surface area contributed by atoms with E-state index in [1.807, 2.05) is 0 Å². The van der Waals surface area contributed by atoms with Crippen LogP contribution in [0.25, 0.3) is 0 Å². The highest BCUT2D eigenvalue weighted by Gasteiger charge is 2.19. The third-order valence-corrected chi connectivity index (χ3v) is 14.4. The number of allylic oxidation sites excluding steroid dienone is 6. The Morgan fingerprint density at radius 1 is 0.278 bits per heavy atom. The number of rotatable bonds is 59. The molecule has 1 unspecified atom stereocenters. The average Bonchev–Trinajstić information content (AvgIpc) is 3.38. The van der Waals surface area contributed by atoms with Crippen LogP contribution in [0.3, 0.4) is 0 Å². The zero-order valence-corrected chi connectivity index (χ0v) is 48.5. The van der Waals surface area contributed by atoms with Gasteiger partial charge in [-0.25, -0.2) is 0 Å². The normalized spacial score (nSPS) is 12.2. The Hall–Kier alpha value is -2.37. The standard InChI is InChI=1S/C66H122O6/c1-4-7-10-13-15-17-19-21-23-25-26-27-28-29-30-31-32-33-34-35-36-37-38-39-40-41-43-44-46-48-50-53-56-59-65(68)71-62-63(61-70-64(67)58-55-52-12-9-6-3)72-66(69)60-57-54-51-49-47-45-42-24-22-20-18-16-14-11-8-5-2/h19,21,25-26,28-29,63H,4-18,20,22-24,27,30-62H2,1-3H3/b21-19-,26-25-,29-28-. The predicted molar refractivity (Wildman–Crippen MR) is 312 cm³/mol. The summed E-state index contributed by atoms with van der Waals surface area (Å²) in [5.41, 5.74) is 0. The molecule has 0 aromatic heterocycles. The first-order valence-corrected chi connectivity index (χ1v) is 32.0. The Morgan fingerprint density at radius 3 is 0.778 bits per heavy atom. The molecule has 0 aliphatic rings. The minimum absolute atomic E-state index is 0.0666. The smallest absolute Gasteiger partial charge is 0.306 e. The third-order valence-electron chi connectivity index (χ3n) is 14.4. The largest absolute Gasteiger partial charge is 0.462 e. The zero-order valence-electron chi connectivity index (χ0n) is 48.5. The molecule has 0 saturated heterocycles. The van der Waals surface area contributed by atoms with E-state index in [0.717, 1.165) is 77.0 Å². The lowest BCUT2D eigenvalue weighted by Crippen LogP contribution is -2.30. The lowest BCUT2D eigenvalue weighted by atomic mass is 10.0. The maximum Gasteiger partial charge on any atom is 0.306 e. The molecule has 422 valence electrons. The minimum atomic E-state index is -0.763. The molecule has 0 fully saturated rings. The van der Waals surface area contributed by atoms with Crippen molar-refractivity contribution in [2.75, 3.05) is 13.2 Å². The van der Waals surface area contributed by atoms with Crippen molar-refractivity contribution in [3.05, 3.63) is 36.5 Å². The minimum Gasteiger partial charge on any atom is -0.462 e. The van der Waals surface area contributed by atoms with Crippen molar-refractivity contribution >= 4 is 17.9 Å². The van der Waals surface area contributed by atoms with E-state index in [4.69, 9.17) is 14.2 Å². The van der Waals surface area contributed by atoms with Crippen LogP contribution in [0, 0.1) is 0 Å². The van der Waals surface area contributed by atoms with E-state index in [1.165, 1.54) is 231 Å². The molecule has 1 atom stereocenters. The maximum atomic E-state index is 12.8. The Kier molecular flexibility index (Phi) is 59.2. The number of ether oxygens (including phenoxy) is 3. The van der Waals surface area contributed by atoms with Crippen LogP contribution in [0.15, 0.2) is 36.5 Å². The van der Waals surface area contributed by atoms with Gasteiger partial charge in [-0.2, -0.15) is 0 Å². The molecular formula is C66H122O6. The first-order chi connectivity index (χ1) is 35.5. The van der Waals surface area contributed by atoms with Crippen molar-refractivity contribution in [1.29, 1.82) is 0 Å². The van der Waals surface area contributed by atoms with Crippen LogP contribution < -0.4 is 0 Å². The molecule has 0 heterocycles. The number of hydrogen-bond acceptors (Lipinski definition) is 6. The Labute approximate surface area is 448 Å². The van der Waals surface area contributed by atoms with Gasteiger partial charge in [0.1, 0.15) is 13.2 Å². The van der Waals surface area contributed by atoms with Gasteiger partial charge in [-0.05, 0) is 57.8 Å². The summed E-state index contributed by atoms with van der Waals surface area (Å²) in [4.78, 5) is 37.8. The van der Waals surface area contributed by atoms with Crippen LogP contribution in [0.1, 0.15) is 348 Å². The Morgan fingerprint density at radius 2 is 0.500 bits per heavy atom. The average molecular weight is 1010 g/mol. The van der Waals surface area contributed by atoms with Crippen molar-refractivity contribution in [3.8, 4) is 0 Å². The van der Waals surface area contributed by atoms with E-state index in [-0.39, 0.29) is 31.1 Å². The molecular weight excluding hydrogens is 889 g/mol. The second kappa shape index (κ2) is 61.2. The molecule has 0 N–H and O–H groups in total. The van der Waals surface area contributed by atoms with Gasteiger partial charge in [0.2, 0.25) is 0 Å². The third kappa shape index (κ3) is 58.5. The molecule has 0 radical (unpaired) electrons. The molecule has 0 aromatic carbocycles. The van der Waals surface area contributed by atoms with Crippen LogP contribution in [0.5, 0.6) is 0 Å². The van der Waals surface area contributed by atoms with Crippen LogP contribution in [0.4, 0.5) is 0 Å². The van der Waals surface area contributed by atoms with Gasteiger partial charge in [0, 0.05) is 19.3 Å². The van der Waals surface area contributed by atoms with Crippen molar-refractivity contribution < 1.29 is 28.6 Å². The van der Waals surface area contributed by atoms with Crippen molar-refractivity contribution in [1.82, 2.24) is 0 Å². The molecule has 0 spiro atoms. The summed E-state index contributed by atoms with van der Waals surface area (Å²) in [6, 6.07) is 0. The van der Waals surface area contributed by atoms with Gasteiger partial charge in [0.15, 0.2) is 6.10 Å². The van der Waals surface area contributed by atoms with Crippen molar-refractivity contribution in [2.24, 2.45) is 0 Å². The molecule has 6 nitrogen and oxygen atoms in total. The fourth-order valence-corrected chi connectivity index (χ4v) is 9.57. The molecule has 72 heavy (non-hydrogen) atoms. The first kappa shape index (κ1) is 69.6. The lowest BCUT2D eigenvalue weighted by Gasteiger charge is -2.18. The van der Waals surface area contributed by atoms with E-state index >= 15 is 0 Å². The van der Waals surface area contributed by atoms with Gasteiger partial charge >= 0.3 is 17.9 Å². The molecule has 0 aliphatic carbocycles. The zero-order chi connectivity index (χ0) is 52.2. The fraction of sp³-hybridized carbons (Fsp3) is 0.864. The molecule has 0 aliphatic heterocycles. The SMILES string of the molecule is CCCCCCC/C=C\C/C=C\C/C=C\CCCCCCCCCCCCCCCCCCCCC(=O)OCC(COC(=O)CCCCCCC)OC(=O)CCCCCCCCCCCCCCCCCC. The maximum absolute atomic E-state index is 12.8. The summed E-state index contributed by atoms with van der Waals surface area (Å²) in [5, 5.41) is 0. The van der Waals surface area contributed by atoms with Gasteiger partial charge in [-0.3, -0.25) is 14.4 Å². The Balaban J connectivity index is 3.90. The predicted octanol–water partition coefficient (Wildman–Crippen LogP) is 21.6. The highest BCUT2D eigenvalue weighted by molar-refractivity contribution is 5.71. The second-order valence-electron chi connectivity index (χ2n) is 21.7. The van der Waals surface area contributed by atoms with Crippen LogP contribution in [-0.4, -0.2) is 37.2 Å². The van der Waals surface area contributed by atoms with E-state index in [2.05, 4.69) is 57.2 Å². The number of hydrogen-bond donors (Lipinski definition) is 0. The molecule has 0 bridgehead atoms. The number of unbranched alkanes of at least 4 members (excludes halogenated alkanes) is 42. The Bertz CT molecular complexity index is 1210. The van der Waals surface area contributed by atoms with Crippen LogP contribution in [0.2, 0.25) is 0 Å². The lowest BCUT2D eigenvalue weighted by molar-refractivity contribution is -0.167. The van der Waals surface area contributed by atoms with Gasteiger partial charge in [-0.15, -0.1) is 0 Å². The molecule has 6 heteroatoms. The van der Waals surface area contributed by atoms with E-state index in [0.29, 0.717) is 19.3 Å². The summed E-state index contributed by atoms with van der Waals surface area (Å²) < 4.78 is 16.8. The van der Waals surface area contributed by atoms with Gasteiger partial charge in [0.05, 0.1) is 0 Å². The summed E-state index contributed by atoms with van der Waals surface area (Å²) in [7, 11) is 0. The first-order valence-electron chi connectivity index (χ1n) is 32.0. The second-order valence-corrected chi connectivity index (χ2v) is 21.7. The monoisotopic (exact) mass is 1010 g/mol. The molecule has 0 rings (SSSR count). The van der Waals surface area contributed by atoms with Crippen molar-refractivity contribution in [2.45, 2.75) is 354 Å². The highest BCUT2D eigenvalue weighted by atomic mass is 16.6. The van der Waals surface area contributed by atoms with Gasteiger partial charge in [-0.1, -0.05) is 308 Å². The van der Waals surface area contributed by atoms with Crippen LogP contribution >= 0.6 is 0 Å². The van der Waals surface area contributed by atoms with E-state index < -0.39 is 6.10 Å². The number of carbonyl (C=O) groups excluding carboxylic acids is 3. The summed E-state index contributed by atoms with van der Waals surface area (Å²) in [5.74, 6) is -0.860. The van der Waals surface area contributed by atoms with Crippen LogP contribution in [-0.2, 0) is 28.6 Å².